The first-order valence-corrected chi connectivity index (χ1v) is 11.1. The molecule has 32 heavy (non-hydrogen) atoms. The first-order chi connectivity index (χ1) is 15.1. The molecular weight excluding hydrogens is 429 g/mol. The normalized spacial score (nSPS) is 21.7. The highest BCUT2D eigenvalue weighted by atomic mass is 35.5. The zero-order valence-electron chi connectivity index (χ0n) is 18.8. The number of carbonyl (C=O) groups excluding carboxylic acids is 2. The number of rotatable bonds is 5. The molecule has 4 rings (SSSR count). The molecule has 0 radical (unpaired) electrons. The summed E-state index contributed by atoms with van der Waals surface area (Å²) in [6.07, 6.45) is -0.000157. The Morgan fingerprint density at radius 3 is 2.34 bits per heavy atom. The molecule has 2 aliphatic rings. The van der Waals surface area contributed by atoms with Gasteiger partial charge in [0.1, 0.15) is 6.61 Å². The van der Waals surface area contributed by atoms with Gasteiger partial charge in [-0.2, -0.15) is 0 Å². The van der Waals surface area contributed by atoms with Crippen LogP contribution in [0.3, 0.4) is 0 Å². The molecule has 0 saturated carbocycles. The zero-order chi connectivity index (χ0) is 23.1. The van der Waals surface area contributed by atoms with E-state index in [2.05, 4.69) is 0 Å². The van der Waals surface area contributed by atoms with Gasteiger partial charge in [-0.3, -0.25) is 4.79 Å². The Morgan fingerprint density at radius 2 is 1.72 bits per heavy atom. The van der Waals surface area contributed by atoms with E-state index in [0.29, 0.717) is 22.5 Å². The summed E-state index contributed by atoms with van der Waals surface area (Å²) in [5.41, 5.74) is 1.52. The van der Waals surface area contributed by atoms with Crippen molar-refractivity contribution in [2.75, 3.05) is 6.61 Å². The zero-order valence-corrected chi connectivity index (χ0v) is 19.5. The third kappa shape index (κ3) is 4.42. The fourth-order valence-electron chi connectivity index (χ4n) is 3.90. The number of benzene rings is 2. The van der Waals surface area contributed by atoms with Crippen LogP contribution >= 0.6 is 11.6 Å². The third-order valence-electron chi connectivity index (χ3n) is 6.47. The lowest BCUT2D eigenvalue weighted by Gasteiger charge is -2.32. The minimum Gasteiger partial charge on any atom is -0.447 e. The molecule has 0 bridgehead atoms. The number of hydrogen-bond acceptors (Lipinski definition) is 5. The Balaban J connectivity index is 1.46. The molecule has 2 heterocycles. The van der Waals surface area contributed by atoms with Gasteiger partial charge in [0, 0.05) is 10.5 Å². The van der Waals surface area contributed by atoms with Crippen molar-refractivity contribution in [3.05, 3.63) is 64.7 Å². The summed E-state index contributed by atoms with van der Waals surface area (Å²) in [5, 5.41) is 0.457. The van der Waals surface area contributed by atoms with E-state index in [-0.39, 0.29) is 25.0 Å². The van der Waals surface area contributed by atoms with Gasteiger partial charge in [-0.05, 0) is 51.3 Å². The van der Waals surface area contributed by atoms with Crippen LogP contribution in [0.4, 0.5) is 4.79 Å². The van der Waals surface area contributed by atoms with E-state index < -0.39 is 24.4 Å². The van der Waals surface area contributed by atoms with Crippen molar-refractivity contribution in [3.63, 3.8) is 0 Å². The van der Waals surface area contributed by atoms with Gasteiger partial charge < -0.3 is 14.0 Å². The third-order valence-corrected chi connectivity index (χ3v) is 6.80. The molecule has 2 aromatic rings. The van der Waals surface area contributed by atoms with Gasteiger partial charge in [0.05, 0.1) is 23.7 Å². The minimum absolute atomic E-state index is 0.0454. The van der Waals surface area contributed by atoms with Crippen LogP contribution in [0, 0.1) is 0 Å². The van der Waals surface area contributed by atoms with Crippen LogP contribution in [-0.2, 0) is 31.7 Å². The molecule has 1 atom stereocenters. The van der Waals surface area contributed by atoms with E-state index in [1.807, 2.05) is 70.2 Å². The molecular formula is C24H27BClNO5. The number of imide groups is 1. The van der Waals surface area contributed by atoms with Crippen molar-refractivity contribution in [2.24, 2.45) is 0 Å². The first kappa shape index (κ1) is 22.8. The maximum atomic E-state index is 13.0. The van der Waals surface area contributed by atoms with Crippen LogP contribution in [0.2, 0.25) is 5.02 Å². The largest absolute Gasteiger partial charge is 0.496 e. The second-order valence-electron chi connectivity index (χ2n) is 9.31. The quantitative estimate of drug-likeness (QED) is 0.642. The van der Waals surface area contributed by atoms with E-state index in [1.165, 1.54) is 4.90 Å². The summed E-state index contributed by atoms with van der Waals surface area (Å²) >= 11 is 6.53. The number of nitrogens with zero attached hydrogens (tertiary/aromatic N) is 1. The molecule has 8 heteroatoms. The molecule has 0 aliphatic carbocycles. The fourth-order valence-corrected chi connectivity index (χ4v) is 4.20. The molecule has 2 amide bonds. The maximum Gasteiger partial charge on any atom is 0.496 e. The number of amides is 2. The Morgan fingerprint density at radius 1 is 1.06 bits per heavy atom. The highest BCUT2D eigenvalue weighted by Gasteiger charge is 2.52. The molecule has 2 saturated heterocycles. The average molecular weight is 456 g/mol. The highest BCUT2D eigenvalue weighted by Crippen LogP contribution is 2.37. The van der Waals surface area contributed by atoms with Crippen molar-refractivity contribution in [3.8, 4) is 0 Å². The van der Waals surface area contributed by atoms with Crippen LogP contribution in [0.1, 0.15) is 38.8 Å². The summed E-state index contributed by atoms with van der Waals surface area (Å²) in [6, 6.07) is 14.8. The number of hydrogen-bond donors (Lipinski definition) is 0. The summed E-state index contributed by atoms with van der Waals surface area (Å²) in [7, 11) is -0.582. The molecule has 1 unspecified atom stereocenters. The molecule has 168 valence electrons. The number of carbonyl (C=O) groups is 2. The lowest BCUT2D eigenvalue weighted by molar-refractivity contribution is -0.128. The topological polar surface area (TPSA) is 65.1 Å². The number of halogens is 1. The van der Waals surface area contributed by atoms with Crippen LogP contribution in [-0.4, -0.2) is 47.9 Å². The SMILES string of the molecule is CC1(C)OB(c2ccc(CC(=O)N3C(=O)OCC3Cc3ccccc3)cc2Cl)OC1(C)C. The van der Waals surface area contributed by atoms with Crippen molar-refractivity contribution in [1.82, 2.24) is 4.90 Å². The van der Waals surface area contributed by atoms with E-state index in [9.17, 15) is 9.59 Å². The molecule has 0 spiro atoms. The predicted octanol–water partition coefficient (Wildman–Crippen LogP) is 3.77. The molecule has 2 aliphatic heterocycles. The highest BCUT2D eigenvalue weighted by molar-refractivity contribution is 6.65. The molecule has 0 aromatic heterocycles. The average Bonchev–Trinajstić information content (AvgIpc) is 3.17. The summed E-state index contributed by atoms with van der Waals surface area (Å²) < 4.78 is 17.3. The molecule has 2 fully saturated rings. The van der Waals surface area contributed by atoms with Crippen molar-refractivity contribution in [2.45, 2.75) is 57.8 Å². The molecule has 6 nitrogen and oxygen atoms in total. The van der Waals surface area contributed by atoms with Gasteiger partial charge >= 0.3 is 13.2 Å². The minimum atomic E-state index is -0.601. The van der Waals surface area contributed by atoms with Crippen LogP contribution in [0.15, 0.2) is 48.5 Å². The molecule has 0 N–H and O–H groups in total. The van der Waals surface area contributed by atoms with Crippen LogP contribution < -0.4 is 5.46 Å². The Hall–Kier alpha value is -2.35. The van der Waals surface area contributed by atoms with Crippen molar-refractivity contribution < 1.29 is 23.6 Å². The van der Waals surface area contributed by atoms with E-state index in [0.717, 1.165) is 5.56 Å². The van der Waals surface area contributed by atoms with Gasteiger partial charge in [0.25, 0.3) is 0 Å². The lowest BCUT2D eigenvalue weighted by Crippen LogP contribution is -2.41. The number of ether oxygens (including phenoxy) is 1. The lowest BCUT2D eigenvalue weighted by atomic mass is 9.78. The maximum absolute atomic E-state index is 13.0. The van der Waals surface area contributed by atoms with Gasteiger partial charge in [-0.15, -0.1) is 0 Å². The predicted molar refractivity (Wildman–Crippen MR) is 123 cm³/mol. The van der Waals surface area contributed by atoms with E-state index >= 15 is 0 Å². The Labute approximate surface area is 193 Å². The summed E-state index contributed by atoms with van der Waals surface area (Å²) in [5.74, 6) is -0.312. The van der Waals surface area contributed by atoms with E-state index in [4.69, 9.17) is 25.6 Å². The summed E-state index contributed by atoms with van der Waals surface area (Å²) in [6.45, 7) is 8.12. The number of cyclic esters (lactones) is 1. The molecule has 2 aromatic carbocycles. The van der Waals surface area contributed by atoms with Crippen molar-refractivity contribution in [1.29, 1.82) is 0 Å². The van der Waals surface area contributed by atoms with Crippen LogP contribution in [0.5, 0.6) is 0 Å². The second-order valence-corrected chi connectivity index (χ2v) is 9.71. The van der Waals surface area contributed by atoms with Crippen LogP contribution in [0.25, 0.3) is 0 Å². The Kier molecular flexibility index (Phi) is 6.09. The van der Waals surface area contributed by atoms with Crippen molar-refractivity contribution >= 4 is 36.2 Å². The fraction of sp³-hybridized carbons (Fsp3) is 0.417. The van der Waals surface area contributed by atoms with Gasteiger partial charge in [0.2, 0.25) is 5.91 Å². The van der Waals surface area contributed by atoms with Gasteiger partial charge in [-0.1, -0.05) is 54.1 Å². The second kappa shape index (κ2) is 8.54. The summed E-state index contributed by atoms with van der Waals surface area (Å²) in [4.78, 5) is 26.5. The smallest absolute Gasteiger partial charge is 0.447 e. The van der Waals surface area contributed by atoms with Gasteiger partial charge in [-0.25, -0.2) is 9.69 Å². The first-order valence-electron chi connectivity index (χ1n) is 10.7. The van der Waals surface area contributed by atoms with Gasteiger partial charge in [0.15, 0.2) is 0 Å². The standard InChI is InChI=1S/C24H27BClNO5/c1-23(2)24(3,4)32-25(31-23)19-11-10-17(13-20(19)26)14-21(28)27-18(15-30-22(27)29)12-16-8-6-5-7-9-16/h5-11,13,18H,12,14-15H2,1-4H3. The van der Waals surface area contributed by atoms with E-state index in [1.54, 1.807) is 6.07 Å². The Bertz CT molecular complexity index is 1010. The monoisotopic (exact) mass is 455 g/mol.